The van der Waals surface area contributed by atoms with E-state index in [0.29, 0.717) is 11.3 Å². The van der Waals surface area contributed by atoms with E-state index in [4.69, 9.17) is 4.74 Å². The van der Waals surface area contributed by atoms with Crippen LogP contribution in [-0.4, -0.2) is 5.97 Å². The van der Waals surface area contributed by atoms with Gasteiger partial charge in [0, 0.05) is 0 Å². The largest absolute Gasteiger partial charge is 0.423 e. The van der Waals surface area contributed by atoms with Crippen molar-refractivity contribution in [3.8, 4) is 5.75 Å². The average Bonchev–Trinajstić information content (AvgIpc) is 2.75. The summed E-state index contributed by atoms with van der Waals surface area (Å²) in [4.78, 5) is 12.4. The van der Waals surface area contributed by atoms with E-state index in [1.165, 1.54) is 68.9 Å². The molecule has 1 aliphatic carbocycles. The van der Waals surface area contributed by atoms with Crippen molar-refractivity contribution < 1.29 is 9.53 Å². The normalized spacial score (nSPS) is 14.8. The lowest BCUT2D eigenvalue weighted by Gasteiger charge is -2.21. The highest BCUT2D eigenvalue weighted by atomic mass is 16.5. The number of rotatable bonds is 9. The number of carbonyl (C=O) groups is 1. The van der Waals surface area contributed by atoms with E-state index in [9.17, 15) is 4.79 Å². The molecule has 0 unspecified atom stereocenters. The molecule has 0 saturated heterocycles. The Morgan fingerprint density at radius 2 is 1.50 bits per heavy atom. The highest BCUT2D eigenvalue weighted by Gasteiger charge is 2.13. The fraction of sp³-hybridized carbons (Fsp3) is 0.500. The molecule has 1 aliphatic rings. The molecule has 2 aromatic rings. The van der Waals surface area contributed by atoms with Crippen LogP contribution in [-0.2, 0) is 12.8 Å². The molecule has 0 spiro atoms. The smallest absolute Gasteiger partial charge is 0.343 e. The first kappa shape index (κ1) is 20.6. The third-order valence-electron chi connectivity index (χ3n) is 5.96. The van der Waals surface area contributed by atoms with Gasteiger partial charge in [0.15, 0.2) is 0 Å². The SMILES string of the molecule is CCCCCc1ccc(C(=O)Oc2ccc(CCC3CCCCC3)cc2)cc1. The molecule has 0 bridgehead atoms. The molecule has 0 N–H and O–H groups in total. The van der Waals surface area contributed by atoms with Gasteiger partial charge in [-0.1, -0.05) is 76.1 Å². The highest BCUT2D eigenvalue weighted by molar-refractivity contribution is 5.91. The van der Waals surface area contributed by atoms with Crippen LogP contribution >= 0.6 is 0 Å². The quantitative estimate of drug-likeness (QED) is 0.263. The van der Waals surface area contributed by atoms with Gasteiger partial charge in [0.25, 0.3) is 0 Å². The monoisotopic (exact) mass is 378 g/mol. The minimum absolute atomic E-state index is 0.282. The van der Waals surface area contributed by atoms with Gasteiger partial charge in [0.1, 0.15) is 5.75 Å². The molecule has 2 aromatic carbocycles. The molecule has 0 aliphatic heterocycles. The van der Waals surface area contributed by atoms with Crippen LogP contribution < -0.4 is 4.74 Å². The lowest BCUT2D eigenvalue weighted by Crippen LogP contribution is -2.09. The third-order valence-corrected chi connectivity index (χ3v) is 5.96. The lowest BCUT2D eigenvalue weighted by molar-refractivity contribution is 0.0734. The molecular formula is C26H34O2. The van der Waals surface area contributed by atoms with E-state index in [2.05, 4.69) is 19.1 Å². The van der Waals surface area contributed by atoms with Crippen LogP contribution in [0.5, 0.6) is 5.75 Å². The Labute approximate surface area is 170 Å². The topological polar surface area (TPSA) is 26.3 Å². The van der Waals surface area contributed by atoms with Gasteiger partial charge >= 0.3 is 5.97 Å². The standard InChI is InChI=1S/C26H34O2/c1-2-3-5-8-22-13-17-24(18-14-22)26(27)28-25-19-15-23(16-20-25)12-11-21-9-6-4-7-10-21/h13-21H,2-12H2,1H3. The van der Waals surface area contributed by atoms with E-state index in [1.807, 2.05) is 36.4 Å². The molecule has 0 heterocycles. The Balaban J connectivity index is 1.47. The van der Waals surface area contributed by atoms with Crippen LogP contribution in [0.25, 0.3) is 0 Å². The van der Waals surface area contributed by atoms with Gasteiger partial charge in [-0.15, -0.1) is 0 Å². The maximum absolute atomic E-state index is 12.4. The Kier molecular flexibility index (Phi) is 8.14. The summed E-state index contributed by atoms with van der Waals surface area (Å²) in [5.74, 6) is 1.24. The molecule has 28 heavy (non-hydrogen) atoms. The van der Waals surface area contributed by atoms with Gasteiger partial charge in [-0.2, -0.15) is 0 Å². The first-order valence-electron chi connectivity index (χ1n) is 11.1. The highest BCUT2D eigenvalue weighted by Crippen LogP contribution is 2.27. The van der Waals surface area contributed by atoms with Gasteiger partial charge in [0.05, 0.1) is 5.56 Å². The van der Waals surface area contributed by atoms with Gasteiger partial charge in [-0.25, -0.2) is 4.79 Å². The van der Waals surface area contributed by atoms with Crippen molar-refractivity contribution in [1.82, 2.24) is 0 Å². The minimum Gasteiger partial charge on any atom is -0.423 e. The second-order valence-electron chi connectivity index (χ2n) is 8.23. The van der Waals surface area contributed by atoms with Gasteiger partial charge in [-0.3, -0.25) is 0 Å². The van der Waals surface area contributed by atoms with Crippen LogP contribution in [0, 0.1) is 5.92 Å². The van der Waals surface area contributed by atoms with E-state index in [1.54, 1.807) is 0 Å². The van der Waals surface area contributed by atoms with E-state index in [0.717, 1.165) is 18.8 Å². The zero-order chi connectivity index (χ0) is 19.6. The van der Waals surface area contributed by atoms with E-state index >= 15 is 0 Å². The summed E-state index contributed by atoms with van der Waals surface area (Å²) < 4.78 is 5.55. The van der Waals surface area contributed by atoms with Crippen molar-refractivity contribution in [3.63, 3.8) is 0 Å². The Bertz CT molecular complexity index is 709. The fourth-order valence-corrected chi connectivity index (χ4v) is 4.12. The molecule has 2 nitrogen and oxygen atoms in total. The van der Waals surface area contributed by atoms with Crippen molar-refractivity contribution >= 4 is 5.97 Å². The molecule has 2 heteroatoms. The number of carbonyl (C=O) groups excluding carboxylic acids is 1. The maximum atomic E-state index is 12.4. The van der Waals surface area contributed by atoms with Crippen molar-refractivity contribution in [2.24, 2.45) is 5.92 Å². The zero-order valence-electron chi connectivity index (χ0n) is 17.3. The molecule has 0 amide bonds. The molecule has 3 rings (SSSR count). The number of esters is 1. The van der Waals surface area contributed by atoms with Crippen molar-refractivity contribution in [2.75, 3.05) is 0 Å². The molecule has 0 atom stereocenters. The zero-order valence-corrected chi connectivity index (χ0v) is 17.3. The number of benzene rings is 2. The molecular weight excluding hydrogens is 344 g/mol. The van der Waals surface area contributed by atoms with Gasteiger partial charge in [0.2, 0.25) is 0 Å². The maximum Gasteiger partial charge on any atom is 0.343 e. The summed E-state index contributed by atoms with van der Waals surface area (Å²) in [5.41, 5.74) is 3.23. The van der Waals surface area contributed by atoms with Crippen LogP contribution in [0.4, 0.5) is 0 Å². The number of unbranched alkanes of at least 4 members (excludes halogenated alkanes) is 2. The number of hydrogen-bond donors (Lipinski definition) is 0. The van der Waals surface area contributed by atoms with Gasteiger partial charge < -0.3 is 4.74 Å². The van der Waals surface area contributed by atoms with Crippen LogP contribution in [0.15, 0.2) is 48.5 Å². The molecule has 150 valence electrons. The van der Waals surface area contributed by atoms with E-state index < -0.39 is 0 Å². The summed E-state index contributed by atoms with van der Waals surface area (Å²) in [6.45, 7) is 2.21. The molecule has 1 fully saturated rings. The second-order valence-corrected chi connectivity index (χ2v) is 8.23. The predicted octanol–water partition coefficient (Wildman–Crippen LogP) is 7.15. The first-order chi connectivity index (χ1) is 13.7. The van der Waals surface area contributed by atoms with Gasteiger partial charge in [-0.05, 0) is 67.0 Å². The van der Waals surface area contributed by atoms with Crippen molar-refractivity contribution in [3.05, 3.63) is 65.2 Å². The van der Waals surface area contributed by atoms with Crippen LogP contribution in [0.1, 0.15) is 86.2 Å². The van der Waals surface area contributed by atoms with Crippen molar-refractivity contribution in [2.45, 2.75) is 77.6 Å². The molecule has 1 saturated carbocycles. The Morgan fingerprint density at radius 1 is 0.857 bits per heavy atom. The first-order valence-corrected chi connectivity index (χ1v) is 11.1. The Hall–Kier alpha value is -2.09. The van der Waals surface area contributed by atoms with Crippen LogP contribution in [0.3, 0.4) is 0 Å². The average molecular weight is 379 g/mol. The minimum atomic E-state index is -0.282. The number of aryl methyl sites for hydroxylation is 2. The lowest BCUT2D eigenvalue weighted by atomic mass is 9.85. The predicted molar refractivity (Wildman–Crippen MR) is 116 cm³/mol. The molecule has 0 aromatic heterocycles. The summed E-state index contributed by atoms with van der Waals surface area (Å²) in [6.07, 6.45) is 14.2. The molecule has 0 radical (unpaired) electrons. The fourth-order valence-electron chi connectivity index (χ4n) is 4.12. The van der Waals surface area contributed by atoms with E-state index in [-0.39, 0.29) is 5.97 Å². The summed E-state index contributed by atoms with van der Waals surface area (Å²) in [7, 11) is 0. The van der Waals surface area contributed by atoms with Crippen LogP contribution in [0.2, 0.25) is 0 Å². The number of ether oxygens (including phenoxy) is 1. The number of hydrogen-bond acceptors (Lipinski definition) is 2. The van der Waals surface area contributed by atoms with Crippen molar-refractivity contribution in [1.29, 1.82) is 0 Å². The summed E-state index contributed by atoms with van der Waals surface area (Å²) >= 11 is 0. The second kappa shape index (κ2) is 11.0. The summed E-state index contributed by atoms with van der Waals surface area (Å²) in [6, 6.07) is 15.9. The Morgan fingerprint density at radius 3 is 2.18 bits per heavy atom. The summed E-state index contributed by atoms with van der Waals surface area (Å²) in [5, 5.41) is 0. The third kappa shape index (κ3) is 6.51.